The number of aliphatic hydroxyl groups is 1. The summed E-state index contributed by atoms with van der Waals surface area (Å²) in [6.07, 6.45) is 14.7. The third-order valence-electron chi connectivity index (χ3n) is 15.8. The van der Waals surface area contributed by atoms with Crippen LogP contribution in [-0.2, 0) is 9.53 Å². The monoisotopic (exact) mass is 662 g/mol. The van der Waals surface area contributed by atoms with Crippen LogP contribution < -0.4 is 14.2 Å². The summed E-state index contributed by atoms with van der Waals surface area (Å²) in [6, 6.07) is 3.66. The molecule has 1 aromatic rings. The van der Waals surface area contributed by atoms with E-state index in [1.807, 2.05) is 12.1 Å². The third kappa shape index (κ3) is 5.16. The number of aliphatic hydroxyl groups excluding tert-OH is 1. The Morgan fingerprint density at radius 1 is 0.854 bits per heavy atom. The van der Waals surface area contributed by atoms with Crippen LogP contribution >= 0.6 is 0 Å². The van der Waals surface area contributed by atoms with E-state index >= 15 is 0 Å². The number of fused-ring (bicyclic) bond motifs is 7. The van der Waals surface area contributed by atoms with E-state index < -0.39 is 0 Å². The Hall–Kier alpha value is -2.47. The number of carbonyl (C=O) groups excluding carboxylic acids is 1. The standard InChI is InChI=1S/C42H62O6/c1-26(2)28-15-20-42(25-48-35(44)14-11-27-23-30(45-8)37(47-10)31(24-27)46-9)22-21-40(6)29(36(28)42)12-13-33-39(5)18-17-34(43)38(3,4)32(39)16-19-41(33,40)7/h11,14,23-24,28-29,32-34,36,43H,1,12-13,15-22,25H2,2-10H3/b14-11+/t28-,29+,32-,33+,34-,36+,39-,40+,41+,42+/m0/s1. The molecule has 5 fully saturated rings. The van der Waals surface area contributed by atoms with Gasteiger partial charge in [0.15, 0.2) is 11.5 Å². The first-order valence-electron chi connectivity index (χ1n) is 18.6. The minimum Gasteiger partial charge on any atom is -0.493 e. The first kappa shape index (κ1) is 35.4. The Morgan fingerprint density at radius 2 is 1.54 bits per heavy atom. The number of ether oxygens (including phenoxy) is 4. The highest BCUT2D eigenvalue weighted by Crippen LogP contribution is 2.77. The summed E-state index contributed by atoms with van der Waals surface area (Å²) < 4.78 is 22.6. The van der Waals surface area contributed by atoms with E-state index in [-0.39, 0.29) is 39.1 Å². The zero-order valence-corrected chi connectivity index (χ0v) is 31.2. The molecule has 0 heterocycles. The minimum atomic E-state index is -0.312. The molecule has 5 saturated carbocycles. The van der Waals surface area contributed by atoms with Gasteiger partial charge in [0.25, 0.3) is 0 Å². The highest BCUT2D eigenvalue weighted by atomic mass is 16.5. The van der Waals surface area contributed by atoms with Crippen molar-refractivity contribution >= 4 is 12.0 Å². The van der Waals surface area contributed by atoms with E-state index in [0.29, 0.717) is 53.4 Å². The van der Waals surface area contributed by atoms with Gasteiger partial charge in [0, 0.05) is 11.5 Å². The number of esters is 1. The highest BCUT2D eigenvalue weighted by Gasteiger charge is 2.71. The number of rotatable bonds is 8. The van der Waals surface area contributed by atoms with E-state index in [1.165, 1.54) is 43.8 Å². The Kier molecular flexibility index (Phi) is 9.13. The van der Waals surface area contributed by atoms with Gasteiger partial charge in [0.1, 0.15) is 0 Å². The summed E-state index contributed by atoms with van der Waals surface area (Å²) >= 11 is 0. The van der Waals surface area contributed by atoms with Gasteiger partial charge in [-0.1, -0.05) is 46.8 Å². The molecule has 0 aliphatic heterocycles. The number of benzene rings is 1. The van der Waals surface area contributed by atoms with Crippen LogP contribution in [0.15, 0.2) is 30.4 Å². The van der Waals surface area contributed by atoms with Crippen molar-refractivity contribution in [1.82, 2.24) is 0 Å². The second-order valence-corrected chi connectivity index (χ2v) is 17.8. The van der Waals surface area contributed by atoms with Crippen molar-refractivity contribution in [2.75, 3.05) is 27.9 Å². The van der Waals surface area contributed by atoms with Gasteiger partial charge in [-0.15, -0.1) is 0 Å². The lowest BCUT2D eigenvalue weighted by Gasteiger charge is -2.73. The molecule has 0 spiro atoms. The van der Waals surface area contributed by atoms with E-state index in [9.17, 15) is 9.90 Å². The smallest absolute Gasteiger partial charge is 0.330 e. The predicted molar refractivity (Wildman–Crippen MR) is 191 cm³/mol. The Balaban J connectivity index is 1.24. The van der Waals surface area contributed by atoms with Crippen molar-refractivity contribution in [3.63, 3.8) is 0 Å². The van der Waals surface area contributed by atoms with E-state index in [4.69, 9.17) is 18.9 Å². The fourth-order valence-corrected chi connectivity index (χ4v) is 13.1. The molecule has 0 unspecified atom stereocenters. The van der Waals surface area contributed by atoms with Gasteiger partial charge >= 0.3 is 5.97 Å². The summed E-state index contributed by atoms with van der Waals surface area (Å²) in [5.41, 5.74) is 2.78. The molecule has 0 bridgehead atoms. The molecule has 1 aromatic carbocycles. The molecule has 0 radical (unpaired) electrons. The maximum absolute atomic E-state index is 13.3. The maximum atomic E-state index is 13.3. The zero-order valence-electron chi connectivity index (χ0n) is 31.2. The quantitative estimate of drug-likeness (QED) is 0.170. The Labute approximate surface area is 290 Å². The summed E-state index contributed by atoms with van der Waals surface area (Å²) in [4.78, 5) is 13.3. The number of hydrogen-bond donors (Lipinski definition) is 1. The van der Waals surface area contributed by atoms with Gasteiger partial charge < -0.3 is 24.1 Å². The minimum absolute atomic E-state index is 0.00884. The van der Waals surface area contributed by atoms with Crippen LogP contribution in [-0.4, -0.2) is 45.1 Å². The first-order valence-corrected chi connectivity index (χ1v) is 18.6. The second kappa shape index (κ2) is 12.4. The number of carbonyl (C=O) groups is 1. The van der Waals surface area contributed by atoms with Gasteiger partial charge in [-0.2, -0.15) is 0 Å². The molecule has 5 aliphatic carbocycles. The fourth-order valence-electron chi connectivity index (χ4n) is 13.1. The molecular formula is C42H62O6. The Bertz CT molecular complexity index is 1420. The highest BCUT2D eigenvalue weighted by molar-refractivity contribution is 5.87. The van der Waals surface area contributed by atoms with Crippen LogP contribution in [0.2, 0.25) is 0 Å². The SMILES string of the molecule is C=C(C)[C@@H]1CC[C@]2(COC(=O)/C=C/c3cc(OC)c(OC)c(OC)c3)CC[C@]3(C)[C@H](CC[C@@H]4[C@@]5(C)CC[C@H](O)C(C)(C)[C@@H]5CC[C@]43C)[C@@H]12. The molecule has 0 saturated heterocycles. The maximum Gasteiger partial charge on any atom is 0.330 e. The average molecular weight is 663 g/mol. The van der Waals surface area contributed by atoms with Gasteiger partial charge in [0.2, 0.25) is 5.75 Å². The first-order chi connectivity index (χ1) is 22.6. The van der Waals surface area contributed by atoms with E-state index in [1.54, 1.807) is 27.4 Å². The zero-order chi connectivity index (χ0) is 34.9. The van der Waals surface area contributed by atoms with Crippen molar-refractivity contribution in [3.05, 3.63) is 35.9 Å². The van der Waals surface area contributed by atoms with Crippen LogP contribution in [0.1, 0.15) is 111 Å². The van der Waals surface area contributed by atoms with Gasteiger partial charge in [0.05, 0.1) is 34.0 Å². The van der Waals surface area contributed by atoms with Gasteiger partial charge in [-0.05, 0) is 146 Å². The lowest BCUT2D eigenvalue weighted by atomic mass is 9.32. The van der Waals surface area contributed by atoms with Crippen molar-refractivity contribution in [2.45, 2.75) is 112 Å². The molecular weight excluding hydrogens is 600 g/mol. The largest absolute Gasteiger partial charge is 0.493 e. The van der Waals surface area contributed by atoms with Crippen LogP contribution in [0.4, 0.5) is 0 Å². The molecule has 5 aliphatic rings. The van der Waals surface area contributed by atoms with Crippen LogP contribution in [0.5, 0.6) is 17.2 Å². The van der Waals surface area contributed by atoms with Crippen LogP contribution in [0, 0.1) is 56.7 Å². The van der Waals surface area contributed by atoms with Crippen molar-refractivity contribution in [2.24, 2.45) is 56.7 Å². The van der Waals surface area contributed by atoms with Crippen molar-refractivity contribution < 1.29 is 28.8 Å². The van der Waals surface area contributed by atoms with Crippen molar-refractivity contribution in [1.29, 1.82) is 0 Å². The molecule has 0 amide bonds. The molecule has 6 heteroatoms. The second-order valence-electron chi connectivity index (χ2n) is 17.8. The third-order valence-corrected chi connectivity index (χ3v) is 15.8. The van der Waals surface area contributed by atoms with Gasteiger partial charge in [-0.3, -0.25) is 0 Å². The van der Waals surface area contributed by atoms with Gasteiger partial charge in [-0.25, -0.2) is 4.79 Å². The molecule has 1 N–H and O–H groups in total. The molecule has 10 atom stereocenters. The number of methoxy groups -OCH3 is 3. The lowest BCUT2D eigenvalue weighted by Crippen LogP contribution is -2.66. The molecule has 6 rings (SSSR count). The number of hydrogen-bond acceptors (Lipinski definition) is 6. The van der Waals surface area contributed by atoms with E-state index in [2.05, 4.69) is 48.1 Å². The summed E-state index contributed by atoms with van der Waals surface area (Å²) in [5.74, 6) is 4.08. The topological polar surface area (TPSA) is 74.2 Å². The normalized spacial score (nSPS) is 41.4. The summed E-state index contributed by atoms with van der Waals surface area (Å²) in [6.45, 7) is 19.8. The lowest BCUT2D eigenvalue weighted by molar-refractivity contribution is -0.249. The molecule has 0 aromatic heterocycles. The van der Waals surface area contributed by atoms with Crippen LogP contribution in [0.3, 0.4) is 0 Å². The predicted octanol–water partition coefficient (Wildman–Crippen LogP) is 9.29. The van der Waals surface area contributed by atoms with Crippen LogP contribution in [0.25, 0.3) is 6.08 Å². The molecule has 266 valence electrons. The Morgan fingerprint density at radius 3 is 2.17 bits per heavy atom. The summed E-state index contributed by atoms with van der Waals surface area (Å²) in [5, 5.41) is 11.1. The molecule has 48 heavy (non-hydrogen) atoms. The summed E-state index contributed by atoms with van der Waals surface area (Å²) in [7, 11) is 4.75. The van der Waals surface area contributed by atoms with E-state index in [0.717, 1.165) is 37.7 Å². The molecule has 6 nitrogen and oxygen atoms in total. The van der Waals surface area contributed by atoms with Crippen molar-refractivity contribution in [3.8, 4) is 17.2 Å². The fraction of sp³-hybridized carbons (Fsp3) is 0.738. The number of allylic oxidation sites excluding steroid dienone is 1. The average Bonchev–Trinajstić information content (AvgIpc) is 3.44.